The van der Waals surface area contributed by atoms with Crippen LogP contribution >= 0.6 is 15.9 Å². The van der Waals surface area contributed by atoms with E-state index in [0.717, 1.165) is 42.2 Å². The number of likely N-dealkylation sites (N-methyl/N-ethyl adjacent to an activating group) is 1. The Morgan fingerprint density at radius 2 is 2.12 bits per heavy atom. The highest BCUT2D eigenvalue weighted by molar-refractivity contribution is 9.10. The highest BCUT2D eigenvalue weighted by Crippen LogP contribution is 2.27. The Morgan fingerprint density at radius 3 is 2.69 bits per heavy atom. The molecule has 1 aromatic rings. The minimum atomic E-state index is 0.751. The van der Waals surface area contributed by atoms with E-state index in [1.807, 2.05) is 25.1 Å². The molecule has 0 fully saturated rings. The lowest BCUT2D eigenvalue weighted by Gasteiger charge is -2.24. The van der Waals surface area contributed by atoms with E-state index < -0.39 is 0 Å². The predicted molar refractivity (Wildman–Crippen MR) is 72.9 cm³/mol. The van der Waals surface area contributed by atoms with Crippen LogP contribution in [-0.4, -0.2) is 26.3 Å². The van der Waals surface area contributed by atoms with E-state index in [9.17, 15) is 0 Å². The Labute approximate surface area is 106 Å². The number of nitrogens with zero attached hydrogens (tertiary/aromatic N) is 1. The predicted octanol–water partition coefficient (Wildman–Crippen LogP) is 2.89. The van der Waals surface area contributed by atoms with E-state index in [0.29, 0.717) is 0 Å². The average molecular weight is 287 g/mol. The molecule has 0 unspecified atom stereocenters. The molecule has 3 nitrogen and oxygen atoms in total. The van der Waals surface area contributed by atoms with Crippen molar-refractivity contribution in [2.45, 2.75) is 13.8 Å². The summed E-state index contributed by atoms with van der Waals surface area (Å²) in [5.41, 5.74) is 7.66. The molecular formula is C12H19BrN2O. The SMILES string of the molecule is CCOCCN(CC)c1ccc(N)cc1Br. The van der Waals surface area contributed by atoms with Gasteiger partial charge in [0, 0.05) is 29.9 Å². The van der Waals surface area contributed by atoms with Gasteiger partial charge in [-0.15, -0.1) is 0 Å². The zero-order valence-corrected chi connectivity index (χ0v) is 11.5. The molecular weight excluding hydrogens is 268 g/mol. The van der Waals surface area contributed by atoms with Gasteiger partial charge in [0.05, 0.1) is 12.3 Å². The number of nitrogens with two attached hydrogens (primary N) is 1. The molecule has 16 heavy (non-hydrogen) atoms. The minimum absolute atomic E-state index is 0.751. The average Bonchev–Trinajstić information content (AvgIpc) is 2.26. The van der Waals surface area contributed by atoms with E-state index in [-0.39, 0.29) is 0 Å². The topological polar surface area (TPSA) is 38.5 Å². The van der Waals surface area contributed by atoms with Gasteiger partial charge in [-0.25, -0.2) is 0 Å². The smallest absolute Gasteiger partial charge is 0.0641 e. The first-order chi connectivity index (χ1) is 7.69. The van der Waals surface area contributed by atoms with Crippen LogP contribution in [0.4, 0.5) is 11.4 Å². The maximum atomic E-state index is 5.72. The molecule has 1 aromatic carbocycles. The quantitative estimate of drug-likeness (QED) is 0.646. The molecule has 0 aliphatic rings. The third kappa shape index (κ3) is 3.68. The second-order valence-electron chi connectivity index (χ2n) is 3.49. The van der Waals surface area contributed by atoms with E-state index in [4.69, 9.17) is 10.5 Å². The maximum absolute atomic E-state index is 5.72. The molecule has 2 N–H and O–H groups in total. The number of anilines is 2. The highest BCUT2D eigenvalue weighted by Gasteiger charge is 2.08. The number of halogens is 1. The normalized spacial score (nSPS) is 10.4. The second kappa shape index (κ2) is 6.76. The maximum Gasteiger partial charge on any atom is 0.0641 e. The summed E-state index contributed by atoms with van der Waals surface area (Å²) in [6, 6.07) is 5.89. The lowest BCUT2D eigenvalue weighted by atomic mass is 10.2. The number of benzene rings is 1. The molecule has 0 radical (unpaired) electrons. The molecule has 0 aliphatic heterocycles. The van der Waals surface area contributed by atoms with Crippen molar-refractivity contribution in [1.29, 1.82) is 0 Å². The molecule has 0 amide bonds. The van der Waals surface area contributed by atoms with Crippen molar-refractivity contribution in [3.8, 4) is 0 Å². The van der Waals surface area contributed by atoms with Crippen molar-refractivity contribution in [2.24, 2.45) is 0 Å². The summed E-state index contributed by atoms with van der Waals surface area (Å²) in [5.74, 6) is 0. The van der Waals surface area contributed by atoms with Crippen molar-refractivity contribution in [3.63, 3.8) is 0 Å². The van der Waals surface area contributed by atoms with Crippen molar-refractivity contribution >= 4 is 27.3 Å². The molecule has 90 valence electrons. The van der Waals surface area contributed by atoms with Crippen LogP contribution in [0.25, 0.3) is 0 Å². The lowest BCUT2D eigenvalue weighted by Crippen LogP contribution is -2.27. The number of hydrogen-bond acceptors (Lipinski definition) is 3. The van der Waals surface area contributed by atoms with E-state index in [2.05, 4.69) is 27.8 Å². The molecule has 0 aromatic heterocycles. The van der Waals surface area contributed by atoms with E-state index in [1.54, 1.807) is 0 Å². The summed E-state index contributed by atoms with van der Waals surface area (Å²) in [6.07, 6.45) is 0. The van der Waals surface area contributed by atoms with Crippen LogP contribution in [0.5, 0.6) is 0 Å². The zero-order chi connectivity index (χ0) is 12.0. The van der Waals surface area contributed by atoms with Crippen LogP contribution in [0.15, 0.2) is 22.7 Å². The Hall–Kier alpha value is -0.740. The fourth-order valence-electron chi connectivity index (χ4n) is 1.55. The van der Waals surface area contributed by atoms with Crippen molar-refractivity contribution < 1.29 is 4.74 Å². The van der Waals surface area contributed by atoms with Gasteiger partial charge in [-0.05, 0) is 48.0 Å². The Balaban J connectivity index is 2.70. The van der Waals surface area contributed by atoms with Crippen LogP contribution in [0.1, 0.15) is 13.8 Å². The molecule has 0 saturated heterocycles. The highest BCUT2D eigenvalue weighted by atomic mass is 79.9. The van der Waals surface area contributed by atoms with Gasteiger partial charge in [-0.1, -0.05) is 0 Å². The van der Waals surface area contributed by atoms with Crippen LogP contribution in [0.2, 0.25) is 0 Å². The van der Waals surface area contributed by atoms with Crippen LogP contribution < -0.4 is 10.6 Å². The van der Waals surface area contributed by atoms with Crippen molar-refractivity contribution in [3.05, 3.63) is 22.7 Å². The fraction of sp³-hybridized carbons (Fsp3) is 0.500. The standard InChI is InChI=1S/C12H19BrN2O/c1-3-15(7-8-16-4-2)12-6-5-10(14)9-11(12)13/h5-6,9H,3-4,7-8,14H2,1-2H3. The molecule has 0 saturated carbocycles. The second-order valence-corrected chi connectivity index (χ2v) is 4.34. The van der Waals surface area contributed by atoms with Crippen molar-refractivity contribution in [2.75, 3.05) is 36.9 Å². The first kappa shape index (κ1) is 13.3. The molecule has 0 bridgehead atoms. The molecule has 0 atom stereocenters. The van der Waals surface area contributed by atoms with Crippen LogP contribution in [-0.2, 0) is 4.74 Å². The minimum Gasteiger partial charge on any atom is -0.399 e. The number of ether oxygens (including phenoxy) is 1. The monoisotopic (exact) mass is 286 g/mol. The first-order valence-electron chi connectivity index (χ1n) is 5.56. The molecule has 0 aliphatic carbocycles. The number of nitrogen functional groups attached to an aromatic ring is 1. The van der Waals surface area contributed by atoms with Gasteiger partial charge >= 0.3 is 0 Å². The third-order valence-electron chi connectivity index (χ3n) is 2.40. The van der Waals surface area contributed by atoms with Gasteiger partial charge in [0.2, 0.25) is 0 Å². The lowest BCUT2D eigenvalue weighted by molar-refractivity contribution is 0.154. The van der Waals surface area contributed by atoms with Crippen LogP contribution in [0, 0.1) is 0 Å². The number of hydrogen-bond donors (Lipinski definition) is 1. The summed E-state index contributed by atoms with van der Waals surface area (Å²) in [4.78, 5) is 2.26. The third-order valence-corrected chi connectivity index (χ3v) is 3.04. The van der Waals surface area contributed by atoms with Crippen LogP contribution in [0.3, 0.4) is 0 Å². The Morgan fingerprint density at radius 1 is 1.38 bits per heavy atom. The molecule has 0 spiro atoms. The Kier molecular flexibility index (Phi) is 5.63. The fourth-order valence-corrected chi connectivity index (χ4v) is 2.19. The molecule has 0 heterocycles. The van der Waals surface area contributed by atoms with Gasteiger partial charge in [-0.2, -0.15) is 0 Å². The summed E-state index contributed by atoms with van der Waals surface area (Å²) in [7, 11) is 0. The van der Waals surface area contributed by atoms with Gasteiger partial charge in [0.15, 0.2) is 0 Å². The summed E-state index contributed by atoms with van der Waals surface area (Å²) < 4.78 is 6.40. The Bertz CT molecular complexity index is 331. The van der Waals surface area contributed by atoms with Gasteiger partial charge in [0.1, 0.15) is 0 Å². The summed E-state index contributed by atoms with van der Waals surface area (Å²) >= 11 is 3.54. The molecule has 4 heteroatoms. The largest absolute Gasteiger partial charge is 0.399 e. The van der Waals surface area contributed by atoms with Crippen molar-refractivity contribution in [1.82, 2.24) is 0 Å². The first-order valence-corrected chi connectivity index (χ1v) is 6.36. The van der Waals surface area contributed by atoms with Gasteiger partial charge in [0.25, 0.3) is 0 Å². The zero-order valence-electron chi connectivity index (χ0n) is 9.87. The summed E-state index contributed by atoms with van der Waals surface area (Å²) in [6.45, 7) is 7.51. The van der Waals surface area contributed by atoms with Gasteiger partial charge in [-0.3, -0.25) is 0 Å². The van der Waals surface area contributed by atoms with E-state index >= 15 is 0 Å². The van der Waals surface area contributed by atoms with Gasteiger partial charge < -0.3 is 15.4 Å². The van der Waals surface area contributed by atoms with E-state index in [1.165, 1.54) is 0 Å². The molecule has 1 rings (SSSR count). The summed E-state index contributed by atoms with van der Waals surface area (Å²) in [5, 5.41) is 0. The number of rotatable bonds is 6.